The maximum atomic E-state index is 13.8. The molecule has 12 heteroatoms. The largest absolute Gasteiger partial charge is 0.419 e. The summed E-state index contributed by atoms with van der Waals surface area (Å²) in [7, 11) is 1.25. The molecule has 0 saturated carbocycles. The summed E-state index contributed by atoms with van der Waals surface area (Å²) < 4.78 is 146. The average Bonchev–Trinajstić information content (AvgIpc) is 2.82. The predicted octanol–water partition coefficient (Wildman–Crippen LogP) is 9.84. The normalized spacial score (nSPS) is 11.8. The highest BCUT2D eigenvalue weighted by Crippen LogP contribution is 2.45. The van der Waals surface area contributed by atoms with Crippen molar-refractivity contribution < 1.29 is 48.3 Å². The fraction of sp³-hybridized carbons (Fsp3) is 0.500. The van der Waals surface area contributed by atoms with Crippen molar-refractivity contribution in [2.75, 3.05) is 12.3 Å². The monoisotopic (exact) mass is 554 g/mol. The predicted molar refractivity (Wildman–Crippen MR) is 118 cm³/mol. The Morgan fingerprint density at radius 2 is 0.972 bits per heavy atom. The smallest absolute Gasteiger partial charge is 0.203 e. The number of unbranched alkanes of at least 4 members (excludes halogenated alkanes) is 4. The summed E-state index contributed by atoms with van der Waals surface area (Å²) in [5, 5.41) is 0. The lowest BCUT2D eigenvalue weighted by Crippen LogP contribution is -2.17. The second kappa shape index (κ2) is 14.1. The van der Waals surface area contributed by atoms with Gasteiger partial charge >= 0.3 is 6.18 Å². The highest BCUT2D eigenvalue weighted by atomic mass is 31.1. The third-order valence-electron chi connectivity index (χ3n) is 5.22. The van der Waals surface area contributed by atoms with Crippen LogP contribution >= 0.6 is 8.58 Å². The number of rotatable bonds is 9. The second-order valence-corrected chi connectivity index (χ2v) is 9.42. The molecule has 0 spiro atoms. The summed E-state index contributed by atoms with van der Waals surface area (Å²) in [6.45, 7) is 4.92. The Bertz CT molecular complexity index is 995. The van der Waals surface area contributed by atoms with Gasteiger partial charge in [0.15, 0.2) is 40.7 Å². The Morgan fingerprint density at radius 1 is 0.528 bits per heavy atom. The van der Waals surface area contributed by atoms with Gasteiger partial charge in [0.1, 0.15) is 5.56 Å². The Hall–Kier alpha value is -1.90. The van der Waals surface area contributed by atoms with Gasteiger partial charge in [-0.3, -0.25) is 0 Å². The van der Waals surface area contributed by atoms with Crippen molar-refractivity contribution in [2.45, 2.75) is 65.5 Å². The second-order valence-electron chi connectivity index (χ2n) is 7.92. The molecule has 0 amide bonds. The van der Waals surface area contributed by atoms with Gasteiger partial charge in [-0.05, 0) is 37.7 Å². The van der Waals surface area contributed by atoms with Crippen molar-refractivity contribution in [2.24, 2.45) is 0 Å². The lowest BCUT2D eigenvalue weighted by molar-refractivity contribution is -0.139. The van der Waals surface area contributed by atoms with Crippen LogP contribution in [-0.4, -0.2) is 12.3 Å². The maximum absolute atomic E-state index is 13.8. The number of hydrogen-bond acceptors (Lipinski definition) is 0. The fourth-order valence-corrected chi connectivity index (χ4v) is 4.64. The Kier molecular flexibility index (Phi) is 12.6. The van der Waals surface area contributed by atoms with Crippen molar-refractivity contribution in [1.29, 1.82) is 0 Å². The van der Waals surface area contributed by atoms with Gasteiger partial charge in [0.05, 0.1) is 5.56 Å². The molecule has 2 rings (SSSR count). The summed E-state index contributed by atoms with van der Waals surface area (Å²) in [5.74, 6) is -21.2. The van der Waals surface area contributed by atoms with Gasteiger partial charge in [-0.2, -0.15) is 13.2 Å². The van der Waals surface area contributed by atoms with E-state index in [-0.39, 0.29) is 0 Å². The van der Waals surface area contributed by atoms with Crippen LogP contribution in [0.1, 0.15) is 63.5 Å². The summed E-state index contributed by atoms with van der Waals surface area (Å²) in [4.78, 5) is 0. The molecule has 0 aromatic heterocycles. The molecular formula is C24H26F11P. The van der Waals surface area contributed by atoms with Crippen LogP contribution in [0.4, 0.5) is 48.3 Å². The van der Waals surface area contributed by atoms with Crippen molar-refractivity contribution in [3.63, 3.8) is 0 Å². The van der Waals surface area contributed by atoms with E-state index in [0.29, 0.717) is 6.92 Å². The van der Waals surface area contributed by atoms with Crippen LogP contribution in [0.2, 0.25) is 0 Å². The average molecular weight is 554 g/mol. The van der Waals surface area contributed by atoms with E-state index in [1.165, 1.54) is 59.4 Å². The molecule has 0 radical (unpaired) electrons. The molecule has 2 aromatic carbocycles. The number of halogens is 11. The quantitative estimate of drug-likeness (QED) is 0.0952. The third kappa shape index (κ3) is 7.56. The lowest BCUT2D eigenvalue weighted by Gasteiger charge is -2.19. The Balaban J connectivity index is 0.000000497. The van der Waals surface area contributed by atoms with Crippen LogP contribution in [0.25, 0.3) is 11.1 Å². The molecular weight excluding hydrogens is 528 g/mol. The minimum absolute atomic E-state index is 0.362. The molecule has 204 valence electrons. The zero-order chi connectivity index (χ0) is 27.8. The van der Waals surface area contributed by atoms with E-state index >= 15 is 0 Å². The van der Waals surface area contributed by atoms with Crippen LogP contribution in [0.15, 0.2) is 0 Å². The Morgan fingerprint density at radius 3 is 1.44 bits per heavy atom. The minimum Gasteiger partial charge on any atom is -0.203 e. The highest BCUT2D eigenvalue weighted by Gasteiger charge is 2.43. The van der Waals surface area contributed by atoms with Crippen molar-refractivity contribution in [3.05, 3.63) is 57.7 Å². The van der Waals surface area contributed by atoms with Gasteiger partial charge in [-0.15, -0.1) is 8.58 Å². The molecule has 0 heterocycles. The van der Waals surface area contributed by atoms with Crippen LogP contribution in [-0.2, 0) is 6.18 Å². The first-order valence-electron chi connectivity index (χ1n) is 11.2. The molecule has 0 fully saturated rings. The van der Waals surface area contributed by atoms with E-state index < -0.39 is 75.0 Å². The molecule has 0 N–H and O–H groups in total. The van der Waals surface area contributed by atoms with Gasteiger partial charge in [0, 0.05) is 5.56 Å². The zero-order valence-electron chi connectivity index (χ0n) is 19.8. The molecule has 0 aliphatic heterocycles. The summed E-state index contributed by atoms with van der Waals surface area (Å²) >= 11 is 0. The maximum Gasteiger partial charge on any atom is 0.419 e. The van der Waals surface area contributed by atoms with Crippen LogP contribution in [0.3, 0.4) is 0 Å². The molecule has 2 aromatic rings. The fourth-order valence-electron chi connectivity index (χ4n) is 3.28. The lowest BCUT2D eigenvalue weighted by atomic mass is 9.92. The number of alkyl halides is 3. The first-order chi connectivity index (χ1) is 16.7. The van der Waals surface area contributed by atoms with Gasteiger partial charge in [-0.25, -0.2) is 35.1 Å². The van der Waals surface area contributed by atoms with E-state index in [0.717, 1.165) is 0 Å². The van der Waals surface area contributed by atoms with Crippen molar-refractivity contribution >= 4 is 8.58 Å². The molecule has 0 aliphatic rings. The van der Waals surface area contributed by atoms with Crippen LogP contribution in [0, 0.1) is 53.5 Å². The van der Waals surface area contributed by atoms with E-state index in [2.05, 4.69) is 13.8 Å². The first kappa shape index (κ1) is 32.1. The van der Waals surface area contributed by atoms with Crippen molar-refractivity contribution in [3.8, 4) is 11.1 Å². The van der Waals surface area contributed by atoms with E-state index in [1.54, 1.807) is 0 Å². The zero-order valence-corrected chi connectivity index (χ0v) is 20.8. The molecule has 1 atom stereocenters. The molecule has 0 aliphatic carbocycles. The van der Waals surface area contributed by atoms with Crippen molar-refractivity contribution in [1.82, 2.24) is 0 Å². The van der Waals surface area contributed by atoms with Crippen LogP contribution < -0.4 is 0 Å². The molecule has 36 heavy (non-hydrogen) atoms. The van der Waals surface area contributed by atoms with Gasteiger partial charge in [-0.1, -0.05) is 39.5 Å². The van der Waals surface area contributed by atoms with Gasteiger partial charge < -0.3 is 0 Å². The first-order valence-corrected chi connectivity index (χ1v) is 12.6. The number of benzene rings is 2. The SMILES string of the molecule is CCCCCCPCCCC.Cc1c(F)c(F)c(F)c(C(F)(F)F)c1-c1c(F)c(F)c(F)c(F)c1F. The molecule has 0 saturated heterocycles. The van der Waals surface area contributed by atoms with Gasteiger partial charge in [0.2, 0.25) is 5.82 Å². The van der Waals surface area contributed by atoms with Gasteiger partial charge in [0.25, 0.3) is 0 Å². The molecule has 1 unspecified atom stereocenters. The van der Waals surface area contributed by atoms with E-state index in [1.807, 2.05) is 0 Å². The number of hydrogen-bond donors (Lipinski definition) is 0. The minimum atomic E-state index is -5.83. The topological polar surface area (TPSA) is 0 Å². The van der Waals surface area contributed by atoms with E-state index in [9.17, 15) is 48.3 Å². The summed E-state index contributed by atoms with van der Waals surface area (Å²) in [6.07, 6.45) is 5.75. The summed E-state index contributed by atoms with van der Waals surface area (Å²) in [6, 6.07) is 0. The Labute approximate surface area is 204 Å². The standard InChI is InChI=1S/C14H3F11.C10H23P/c1-2-3(4-7(16)11(20)13(22)12(21)8(4)17)5(14(23,24)25)9(18)10(19)6(2)15;1-3-5-7-8-10-11-9-6-4-2/h1H3;11H,3-10H2,1-2H3. The van der Waals surface area contributed by atoms with E-state index in [4.69, 9.17) is 0 Å². The molecule has 0 nitrogen and oxygen atoms in total. The summed E-state index contributed by atoms with van der Waals surface area (Å²) in [5.41, 5.74) is -8.45. The molecule has 0 bridgehead atoms. The highest BCUT2D eigenvalue weighted by molar-refractivity contribution is 7.37. The third-order valence-corrected chi connectivity index (χ3v) is 6.63. The van der Waals surface area contributed by atoms with Crippen LogP contribution in [0.5, 0.6) is 0 Å².